The molecule has 0 fully saturated rings. The van der Waals surface area contributed by atoms with E-state index >= 15 is 0 Å². The Labute approximate surface area is 203 Å². The molecule has 0 spiro atoms. The van der Waals surface area contributed by atoms with Gasteiger partial charge in [-0.1, -0.05) is 12.1 Å². The summed E-state index contributed by atoms with van der Waals surface area (Å²) in [5.41, 5.74) is 1.92. The number of guanidine groups is 1. The van der Waals surface area contributed by atoms with Crippen LogP contribution in [0.15, 0.2) is 41.7 Å². The molecule has 2 unspecified atom stereocenters. The third kappa shape index (κ3) is 9.04. The molecule has 0 saturated carbocycles. The first-order valence-electron chi connectivity index (χ1n) is 10.4. The normalized spacial score (nSPS) is 13.6. The molecule has 3 N–H and O–H groups in total. The van der Waals surface area contributed by atoms with Gasteiger partial charge in [0.1, 0.15) is 5.75 Å². The van der Waals surface area contributed by atoms with Gasteiger partial charge >= 0.3 is 0 Å². The predicted molar refractivity (Wildman–Crippen MR) is 136 cm³/mol. The van der Waals surface area contributed by atoms with E-state index in [0.29, 0.717) is 19.0 Å². The second-order valence-corrected chi connectivity index (χ2v) is 7.78. The van der Waals surface area contributed by atoms with Crippen LogP contribution in [0.5, 0.6) is 5.75 Å². The molecule has 2 rings (SSSR count). The van der Waals surface area contributed by atoms with Crippen molar-refractivity contribution in [2.45, 2.75) is 39.0 Å². The average molecular weight is 544 g/mol. The number of aliphatic hydroxyl groups is 1. The van der Waals surface area contributed by atoms with Gasteiger partial charge in [0.15, 0.2) is 5.96 Å². The zero-order valence-electron chi connectivity index (χ0n) is 19.4. The number of benzene rings is 1. The first kappa shape index (κ1) is 27.2. The van der Waals surface area contributed by atoms with Crippen LogP contribution in [0, 0.1) is 0 Å². The van der Waals surface area contributed by atoms with E-state index in [4.69, 9.17) is 9.73 Å². The van der Waals surface area contributed by atoms with Gasteiger partial charge in [0.2, 0.25) is 0 Å². The third-order valence-corrected chi connectivity index (χ3v) is 4.58. The van der Waals surface area contributed by atoms with Gasteiger partial charge in [-0.3, -0.25) is 9.67 Å². The number of ether oxygens (including phenoxy) is 1. The van der Waals surface area contributed by atoms with E-state index in [1.54, 1.807) is 4.68 Å². The van der Waals surface area contributed by atoms with Crippen molar-refractivity contribution in [1.29, 1.82) is 0 Å². The average Bonchev–Trinajstić information content (AvgIpc) is 3.11. The molecule has 2 atom stereocenters. The van der Waals surface area contributed by atoms with Gasteiger partial charge < -0.3 is 25.4 Å². The van der Waals surface area contributed by atoms with E-state index in [2.05, 4.69) is 20.6 Å². The van der Waals surface area contributed by atoms with Crippen LogP contribution in [0.2, 0.25) is 0 Å². The van der Waals surface area contributed by atoms with Crippen LogP contribution in [-0.4, -0.2) is 65.6 Å². The van der Waals surface area contributed by atoms with Crippen molar-refractivity contribution in [2.24, 2.45) is 12.0 Å². The summed E-state index contributed by atoms with van der Waals surface area (Å²) >= 11 is 0. The first-order chi connectivity index (χ1) is 14.3. The Balaban J connectivity index is 0.00000480. The summed E-state index contributed by atoms with van der Waals surface area (Å²) in [6.07, 6.45) is 3.30. The lowest BCUT2D eigenvalue weighted by atomic mass is 10.1. The fourth-order valence-electron chi connectivity index (χ4n) is 3.08. The molecule has 174 valence electrons. The molecule has 1 aromatic heterocycles. The second kappa shape index (κ2) is 13.5. The van der Waals surface area contributed by atoms with Crippen LogP contribution >= 0.6 is 24.0 Å². The lowest BCUT2D eigenvalue weighted by Gasteiger charge is -2.22. The molecular weight excluding hydrogens is 507 g/mol. The minimum atomic E-state index is -0.674. The molecule has 0 amide bonds. The van der Waals surface area contributed by atoms with E-state index in [0.717, 1.165) is 23.4 Å². The van der Waals surface area contributed by atoms with Gasteiger partial charge in [-0.25, -0.2) is 0 Å². The van der Waals surface area contributed by atoms with Gasteiger partial charge in [-0.05, 0) is 52.6 Å². The highest BCUT2D eigenvalue weighted by atomic mass is 127. The molecule has 0 aliphatic heterocycles. The fourth-order valence-corrected chi connectivity index (χ4v) is 3.08. The number of nitrogens with one attached hydrogen (secondary N) is 2. The number of hydrogen-bond donors (Lipinski definition) is 3. The van der Waals surface area contributed by atoms with Gasteiger partial charge in [0.25, 0.3) is 0 Å². The Morgan fingerprint density at radius 1 is 1.26 bits per heavy atom. The molecule has 0 bridgehead atoms. The van der Waals surface area contributed by atoms with E-state index in [9.17, 15) is 5.11 Å². The van der Waals surface area contributed by atoms with Gasteiger partial charge in [0, 0.05) is 31.9 Å². The fraction of sp³-hybridized carbons (Fsp3) is 0.545. The molecular formula is C22H37IN6O2. The van der Waals surface area contributed by atoms with Gasteiger partial charge in [0.05, 0.1) is 31.0 Å². The molecule has 31 heavy (non-hydrogen) atoms. The van der Waals surface area contributed by atoms with E-state index in [-0.39, 0.29) is 36.1 Å². The molecule has 0 aliphatic carbocycles. The van der Waals surface area contributed by atoms with Crippen molar-refractivity contribution >= 4 is 29.9 Å². The number of nitrogens with zero attached hydrogens (tertiary/aromatic N) is 4. The van der Waals surface area contributed by atoms with E-state index in [1.807, 2.05) is 78.6 Å². The summed E-state index contributed by atoms with van der Waals surface area (Å²) in [7, 11) is 5.97. The summed E-state index contributed by atoms with van der Waals surface area (Å²) in [5.74, 6) is 1.43. The largest absolute Gasteiger partial charge is 0.491 e. The van der Waals surface area contributed by atoms with Gasteiger partial charge in [-0.2, -0.15) is 5.10 Å². The number of hydrogen-bond acceptors (Lipinski definition) is 5. The van der Waals surface area contributed by atoms with Crippen molar-refractivity contribution in [2.75, 3.05) is 33.7 Å². The number of aryl methyl sites for hydroxylation is 1. The molecule has 0 radical (unpaired) electrons. The van der Waals surface area contributed by atoms with Crippen LogP contribution < -0.4 is 15.4 Å². The summed E-state index contributed by atoms with van der Waals surface area (Å²) in [6.45, 7) is 7.63. The van der Waals surface area contributed by atoms with Crippen LogP contribution in [0.1, 0.15) is 44.0 Å². The smallest absolute Gasteiger partial charge is 0.191 e. The molecule has 1 heterocycles. The quantitative estimate of drug-likeness (QED) is 0.242. The number of aliphatic hydroxyl groups excluding tert-OH is 1. The number of rotatable bonds is 10. The topological polar surface area (TPSA) is 86.9 Å². The lowest BCUT2D eigenvalue weighted by molar-refractivity contribution is 0.179. The lowest BCUT2D eigenvalue weighted by Crippen LogP contribution is -2.40. The maximum atomic E-state index is 10.6. The van der Waals surface area contributed by atoms with Crippen molar-refractivity contribution < 1.29 is 9.84 Å². The molecule has 8 nitrogen and oxygen atoms in total. The summed E-state index contributed by atoms with van der Waals surface area (Å²) in [4.78, 5) is 6.85. The zero-order valence-corrected chi connectivity index (χ0v) is 21.7. The number of aromatic nitrogens is 2. The summed E-state index contributed by atoms with van der Waals surface area (Å²) in [5, 5.41) is 21.4. The second-order valence-electron chi connectivity index (χ2n) is 7.78. The van der Waals surface area contributed by atoms with Crippen molar-refractivity contribution in [3.63, 3.8) is 0 Å². The molecule has 1 aromatic carbocycles. The number of halogens is 1. The SMILES string of the molecule is CCNC(=NCC(c1cnn(C)c1)N(C)C)NCC(O)c1cccc(OC(C)C)c1.I. The molecule has 0 aliphatic rings. The Kier molecular flexibility index (Phi) is 11.9. The monoisotopic (exact) mass is 544 g/mol. The zero-order chi connectivity index (χ0) is 22.1. The summed E-state index contributed by atoms with van der Waals surface area (Å²) in [6, 6.07) is 7.68. The highest BCUT2D eigenvalue weighted by Gasteiger charge is 2.16. The number of likely N-dealkylation sites (N-methyl/N-ethyl adjacent to an activating group) is 1. The highest BCUT2D eigenvalue weighted by molar-refractivity contribution is 14.0. The predicted octanol–water partition coefficient (Wildman–Crippen LogP) is 2.72. The number of aliphatic imine (C=N–C) groups is 1. The minimum absolute atomic E-state index is 0. The minimum Gasteiger partial charge on any atom is -0.491 e. The van der Waals surface area contributed by atoms with Crippen LogP contribution in [0.3, 0.4) is 0 Å². The summed E-state index contributed by atoms with van der Waals surface area (Å²) < 4.78 is 7.52. The maximum Gasteiger partial charge on any atom is 0.191 e. The van der Waals surface area contributed by atoms with Crippen LogP contribution in [0.25, 0.3) is 0 Å². The Morgan fingerprint density at radius 2 is 2.00 bits per heavy atom. The maximum absolute atomic E-state index is 10.6. The van der Waals surface area contributed by atoms with Crippen molar-refractivity contribution in [3.05, 3.63) is 47.8 Å². The Hall–Kier alpha value is -1.85. The van der Waals surface area contributed by atoms with Crippen molar-refractivity contribution in [1.82, 2.24) is 25.3 Å². The molecule has 0 saturated heterocycles. The van der Waals surface area contributed by atoms with Gasteiger partial charge in [-0.15, -0.1) is 24.0 Å². The van der Waals surface area contributed by atoms with E-state index < -0.39 is 6.10 Å². The first-order valence-corrected chi connectivity index (χ1v) is 10.4. The molecule has 9 heteroatoms. The van der Waals surface area contributed by atoms with E-state index in [1.165, 1.54) is 0 Å². The van der Waals surface area contributed by atoms with Crippen molar-refractivity contribution in [3.8, 4) is 5.75 Å². The third-order valence-electron chi connectivity index (χ3n) is 4.58. The standard InChI is InChI=1S/C22H36N6O2.HI/c1-7-23-22(24-13-20(27(4)5)18-12-26-28(6)15-18)25-14-21(29)17-9-8-10-19(11-17)30-16(2)3;/h8-12,15-16,20-21,29H,7,13-14H2,1-6H3,(H2,23,24,25);1H. The van der Waals surface area contributed by atoms with Crippen LogP contribution in [0.4, 0.5) is 0 Å². The van der Waals surface area contributed by atoms with Crippen LogP contribution in [-0.2, 0) is 7.05 Å². The molecule has 2 aromatic rings. The Morgan fingerprint density at radius 3 is 2.58 bits per heavy atom. The Bertz CT molecular complexity index is 809. The highest BCUT2D eigenvalue weighted by Crippen LogP contribution is 2.20.